The number of rotatable bonds is 4. The van der Waals surface area contributed by atoms with E-state index in [1.807, 2.05) is 47.1 Å². The zero-order valence-corrected chi connectivity index (χ0v) is 12.9. The van der Waals surface area contributed by atoms with Crippen LogP contribution in [0.2, 0.25) is 0 Å². The summed E-state index contributed by atoms with van der Waals surface area (Å²) in [6.45, 7) is 3.98. The molecule has 22 heavy (non-hydrogen) atoms. The van der Waals surface area contributed by atoms with E-state index in [0.717, 1.165) is 6.42 Å². The molecule has 0 unspecified atom stereocenters. The number of morpholine rings is 1. The van der Waals surface area contributed by atoms with Gasteiger partial charge in [0, 0.05) is 26.1 Å². The maximum Gasteiger partial charge on any atom is 0.248 e. The molecule has 2 aliphatic rings. The van der Waals surface area contributed by atoms with Crippen LogP contribution in [-0.4, -0.2) is 60.0 Å². The molecule has 5 heteroatoms. The third kappa shape index (κ3) is 2.99. The Bertz CT molecular complexity index is 546. The first-order valence-corrected chi connectivity index (χ1v) is 7.92. The lowest BCUT2D eigenvalue weighted by Crippen LogP contribution is -2.53. The Morgan fingerprint density at radius 3 is 2.77 bits per heavy atom. The Morgan fingerprint density at radius 1 is 1.27 bits per heavy atom. The number of likely N-dealkylation sites (tertiary alicyclic amines) is 1. The van der Waals surface area contributed by atoms with Crippen LogP contribution >= 0.6 is 0 Å². The second-order valence-corrected chi connectivity index (χ2v) is 5.88. The third-order valence-electron chi connectivity index (χ3n) is 4.54. The van der Waals surface area contributed by atoms with E-state index in [1.165, 1.54) is 5.56 Å². The van der Waals surface area contributed by atoms with Crippen molar-refractivity contribution in [2.75, 3.05) is 26.2 Å². The molecular weight excluding hydrogens is 280 g/mol. The standard InChI is InChI=1S/C17H22N2O3/c1-2-19-14-10-18(11-15(14)22-12-17(19)21)16(20)9-8-13-6-4-3-5-7-13/h3-7,14-15H,2,8-12H2,1H3/t14-,15-/m1/s1. The van der Waals surface area contributed by atoms with Crippen molar-refractivity contribution in [3.63, 3.8) is 0 Å². The number of benzene rings is 1. The highest BCUT2D eigenvalue weighted by Crippen LogP contribution is 2.24. The first-order chi connectivity index (χ1) is 10.7. The van der Waals surface area contributed by atoms with Gasteiger partial charge in [-0.25, -0.2) is 0 Å². The Kier molecular flexibility index (Phi) is 4.43. The highest BCUT2D eigenvalue weighted by atomic mass is 16.5. The van der Waals surface area contributed by atoms with Crippen molar-refractivity contribution in [2.45, 2.75) is 31.9 Å². The average Bonchev–Trinajstić information content (AvgIpc) is 2.98. The zero-order valence-electron chi connectivity index (χ0n) is 12.9. The molecule has 118 valence electrons. The molecule has 1 aromatic rings. The van der Waals surface area contributed by atoms with Crippen LogP contribution in [0.1, 0.15) is 18.9 Å². The van der Waals surface area contributed by atoms with Gasteiger partial charge in [-0.05, 0) is 18.9 Å². The predicted octanol–water partition coefficient (Wildman–Crippen LogP) is 1.08. The van der Waals surface area contributed by atoms with Gasteiger partial charge < -0.3 is 14.5 Å². The summed E-state index contributed by atoms with van der Waals surface area (Å²) in [5, 5.41) is 0. The van der Waals surface area contributed by atoms with Crippen LogP contribution < -0.4 is 0 Å². The topological polar surface area (TPSA) is 49.9 Å². The molecule has 0 bridgehead atoms. The van der Waals surface area contributed by atoms with Crippen molar-refractivity contribution in [1.29, 1.82) is 0 Å². The van der Waals surface area contributed by atoms with Crippen LogP contribution in [-0.2, 0) is 20.7 Å². The van der Waals surface area contributed by atoms with Gasteiger partial charge in [0.25, 0.3) is 0 Å². The lowest BCUT2D eigenvalue weighted by molar-refractivity contribution is -0.152. The molecule has 1 aromatic carbocycles. The van der Waals surface area contributed by atoms with E-state index >= 15 is 0 Å². The summed E-state index contributed by atoms with van der Waals surface area (Å²) >= 11 is 0. The van der Waals surface area contributed by atoms with Crippen molar-refractivity contribution in [3.05, 3.63) is 35.9 Å². The largest absolute Gasteiger partial charge is 0.364 e. The molecular formula is C17H22N2O3. The number of likely N-dealkylation sites (N-methyl/N-ethyl adjacent to an activating group) is 1. The smallest absolute Gasteiger partial charge is 0.248 e. The van der Waals surface area contributed by atoms with Gasteiger partial charge in [0.15, 0.2) is 0 Å². The lowest BCUT2D eigenvalue weighted by atomic mass is 10.1. The first kappa shape index (κ1) is 15.0. The van der Waals surface area contributed by atoms with Crippen LogP contribution in [0.25, 0.3) is 0 Å². The minimum absolute atomic E-state index is 0.0203. The van der Waals surface area contributed by atoms with Crippen molar-refractivity contribution >= 4 is 11.8 Å². The van der Waals surface area contributed by atoms with E-state index in [1.54, 1.807) is 0 Å². The number of carbonyl (C=O) groups is 2. The highest BCUT2D eigenvalue weighted by Gasteiger charge is 2.43. The van der Waals surface area contributed by atoms with Crippen molar-refractivity contribution in [3.8, 4) is 0 Å². The number of hydrogen-bond donors (Lipinski definition) is 0. The summed E-state index contributed by atoms with van der Waals surface area (Å²) in [6, 6.07) is 10.1. The fraction of sp³-hybridized carbons (Fsp3) is 0.529. The maximum atomic E-state index is 12.4. The Labute approximate surface area is 130 Å². The maximum absolute atomic E-state index is 12.4. The summed E-state index contributed by atoms with van der Waals surface area (Å²) in [6.07, 6.45) is 1.23. The van der Waals surface area contributed by atoms with E-state index < -0.39 is 0 Å². The molecule has 5 nitrogen and oxygen atoms in total. The molecule has 2 amide bonds. The van der Waals surface area contributed by atoms with E-state index in [9.17, 15) is 9.59 Å². The Hall–Kier alpha value is -1.88. The summed E-state index contributed by atoms with van der Waals surface area (Å²) in [5.41, 5.74) is 1.18. The molecule has 0 aromatic heterocycles. The summed E-state index contributed by atoms with van der Waals surface area (Å²) < 4.78 is 5.60. The molecule has 0 saturated carbocycles. The van der Waals surface area contributed by atoms with Crippen LogP contribution in [0.15, 0.2) is 30.3 Å². The van der Waals surface area contributed by atoms with Gasteiger partial charge >= 0.3 is 0 Å². The second kappa shape index (κ2) is 6.48. The number of fused-ring (bicyclic) bond motifs is 1. The highest BCUT2D eigenvalue weighted by molar-refractivity contribution is 5.80. The summed E-state index contributed by atoms with van der Waals surface area (Å²) in [5.74, 6) is 0.174. The van der Waals surface area contributed by atoms with Crippen LogP contribution in [0.4, 0.5) is 0 Å². The van der Waals surface area contributed by atoms with Crippen LogP contribution in [0.5, 0.6) is 0 Å². The lowest BCUT2D eigenvalue weighted by Gasteiger charge is -2.35. The average molecular weight is 302 g/mol. The molecule has 2 saturated heterocycles. The van der Waals surface area contributed by atoms with Gasteiger partial charge in [-0.2, -0.15) is 0 Å². The molecule has 0 spiro atoms. The molecule has 0 N–H and O–H groups in total. The minimum Gasteiger partial charge on any atom is -0.364 e. The Morgan fingerprint density at radius 2 is 2.05 bits per heavy atom. The van der Waals surface area contributed by atoms with Gasteiger partial charge in [-0.3, -0.25) is 9.59 Å². The molecule has 3 rings (SSSR count). The summed E-state index contributed by atoms with van der Waals surface area (Å²) in [4.78, 5) is 28.0. The number of amides is 2. The van der Waals surface area contributed by atoms with E-state index in [-0.39, 0.29) is 30.6 Å². The molecule has 2 aliphatic heterocycles. The molecule has 2 atom stereocenters. The third-order valence-corrected chi connectivity index (χ3v) is 4.54. The SMILES string of the molecule is CCN1C(=O)CO[C@@H]2CN(C(=O)CCc3ccccc3)C[C@H]21. The number of nitrogens with zero attached hydrogens (tertiary/aromatic N) is 2. The van der Waals surface area contributed by atoms with Crippen molar-refractivity contribution in [2.24, 2.45) is 0 Å². The van der Waals surface area contributed by atoms with E-state index in [4.69, 9.17) is 4.74 Å². The fourth-order valence-corrected chi connectivity index (χ4v) is 3.33. The number of carbonyl (C=O) groups excluding carboxylic acids is 2. The second-order valence-electron chi connectivity index (χ2n) is 5.88. The monoisotopic (exact) mass is 302 g/mol. The van der Waals surface area contributed by atoms with Gasteiger partial charge in [-0.15, -0.1) is 0 Å². The van der Waals surface area contributed by atoms with Gasteiger partial charge in [0.2, 0.25) is 11.8 Å². The van der Waals surface area contributed by atoms with Crippen molar-refractivity contribution in [1.82, 2.24) is 9.80 Å². The first-order valence-electron chi connectivity index (χ1n) is 7.92. The van der Waals surface area contributed by atoms with Gasteiger partial charge in [-0.1, -0.05) is 30.3 Å². The molecule has 0 radical (unpaired) electrons. The molecule has 2 heterocycles. The van der Waals surface area contributed by atoms with Crippen LogP contribution in [0.3, 0.4) is 0 Å². The minimum atomic E-state index is -0.0293. The normalized spacial score (nSPS) is 24.5. The number of hydrogen-bond acceptors (Lipinski definition) is 3. The van der Waals surface area contributed by atoms with E-state index in [0.29, 0.717) is 26.1 Å². The predicted molar refractivity (Wildman–Crippen MR) is 82.3 cm³/mol. The van der Waals surface area contributed by atoms with E-state index in [2.05, 4.69) is 0 Å². The molecule has 0 aliphatic carbocycles. The number of aryl methyl sites for hydroxylation is 1. The zero-order chi connectivity index (χ0) is 15.5. The fourth-order valence-electron chi connectivity index (χ4n) is 3.33. The Balaban J connectivity index is 1.57. The molecule has 2 fully saturated rings. The van der Waals surface area contributed by atoms with Gasteiger partial charge in [0.05, 0.1) is 12.1 Å². The van der Waals surface area contributed by atoms with Gasteiger partial charge in [0.1, 0.15) is 6.61 Å². The quantitative estimate of drug-likeness (QED) is 0.836. The van der Waals surface area contributed by atoms with Crippen LogP contribution in [0, 0.1) is 0 Å². The number of ether oxygens (including phenoxy) is 1. The van der Waals surface area contributed by atoms with Crippen molar-refractivity contribution < 1.29 is 14.3 Å². The summed E-state index contributed by atoms with van der Waals surface area (Å²) in [7, 11) is 0.